The number of nitrogens with one attached hydrogen (secondary N) is 2. The van der Waals surface area contributed by atoms with Crippen molar-refractivity contribution in [3.8, 4) is 0 Å². The van der Waals surface area contributed by atoms with Crippen LogP contribution < -0.4 is 16.4 Å². The summed E-state index contributed by atoms with van der Waals surface area (Å²) in [5, 5.41) is 17.6. The van der Waals surface area contributed by atoms with Crippen molar-refractivity contribution in [1.29, 1.82) is 0 Å². The maximum atomic E-state index is 12.9. The molecule has 0 bridgehead atoms. The van der Waals surface area contributed by atoms with E-state index in [4.69, 9.17) is 5.73 Å². The summed E-state index contributed by atoms with van der Waals surface area (Å²) in [6.07, 6.45) is 2.90. The number of carbonyl (C=O) groups excluding carboxylic acids is 1. The number of nitrogens with zero attached hydrogens (tertiary/aromatic N) is 2. The highest BCUT2D eigenvalue weighted by atomic mass is 79.9. The van der Waals surface area contributed by atoms with E-state index >= 15 is 0 Å². The quantitative estimate of drug-likeness (QED) is 0.464. The summed E-state index contributed by atoms with van der Waals surface area (Å²) in [7, 11) is 0. The van der Waals surface area contributed by atoms with Crippen LogP contribution in [0.4, 0.5) is 5.82 Å². The third-order valence-electron chi connectivity index (χ3n) is 6.66. The second-order valence-corrected chi connectivity index (χ2v) is 9.87. The average Bonchev–Trinajstić information content (AvgIpc) is 3.44. The van der Waals surface area contributed by atoms with E-state index < -0.39 is 6.23 Å². The van der Waals surface area contributed by atoms with Crippen LogP contribution in [0.15, 0.2) is 40.9 Å². The van der Waals surface area contributed by atoms with Crippen molar-refractivity contribution < 1.29 is 9.90 Å². The molecule has 8 heteroatoms. The molecule has 2 fully saturated rings. The molecule has 0 spiro atoms. The van der Waals surface area contributed by atoms with E-state index in [1.807, 2.05) is 17.9 Å². The Morgan fingerprint density at radius 2 is 2.12 bits per heavy atom. The Bertz CT molecular complexity index is 938. The zero-order chi connectivity index (χ0) is 22.7. The van der Waals surface area contributed by atoms with Crippen LogP contribution in [0.5, 0.6) is 0 Å². The maximum Gasteiger partial charge on any atom is 0.237 e. The fraction of sp³-hybridized carbons (Fsp3) is 0.500. The molecule has 1 amide bonds. The van der Waals surface area contributed by atoms with E-state index in [1.54, 1.807) is 6.07 Å². The van der Waals surface area contributed by atoms with Gasteiger partial charge >= 0.3 is 0 Å². The van der Waals surface area contributed by atoms with Gasteiger partial charge in [-0.05, 0) is 74.4 Å². The Labute approximate surface area is 197 Å². The molecule has 2 aliphatic heterocycles. The van der Waals surface area contributed by atoms with Crippen LogP contribution in [-0.2, 0) is 17.8 Å². The van der Waals surface area contributed by atoms with Crippen molar-refractivity contribution in [1.82, 2.24) is 20.5 Å². The fourth-order valence-corrected chi connectivity index (χ4v) is 5.16. The van der Waals surface area contributed by atoms with Gasteiger partial charge in [-0.3, -0.25) is 9.69 Å². The van der Waals surface area contributed by atoms with Crippen LogP contribution in [0.25, 0.3) is 0 Å². The Morgan fingerprint density at radius 1 is 1.34 bits per heavy atom. The number of nitrogens with two attached hydrogens (primary N) is 1. The number of halogens is 1. The van der Waals surface area contributed by atoms with E-state index in [-0.39, 0.29) is 18.0 Å². The zero-order valence-corrected chi connectivity index (χ0v) is 20.0. The van der Waals surface area contributed by atoms with Gasteiger partial charge in [0, 0.05) is 29.3 Å². The molecule has 5 N–H and O–H groups in total. The number of nitrogen functional groups attached to an aromatic ring is 1. The lowest BCUT2D eigenvalue weighted by atomic mass is 9.96. The first kappa shape index (κ1) is 23.2. The van der Waals surface area contributed by atoms with E-state index in [2.05, 4.69) is 55.8 Å². The summed E-state index contributed by atoms with van der Waals surface area (Å²) in [6.45, 7) is 3.92. The lowest BCUT2D eigenvalue weighted by Crippen LogP contribution is -2.53. The number of anilines is 1. The highest BCUT2D eigenvalue weighted by molar-refractivity contribution is 9.10. The molecule has 32 heavy (non-hydrogen) atoms. The number of hydrogen-bond acceptors (Lipinski definition) is 6. The maximum absolute atomic E-state index is 12.9. The van der Waals surface area contributed by atoms with Crippen molar-refractivity contribution in [2.45, 2.75) is 57.5 Å². The van der Waals surface area contributed by atoms with E-state index in [1.165, 1.54) is 5.56 Å². The number of aryl methyl sites for hydroxylation is 1. The first-order chi connectivity index (χ1) is 15.4. The minimum absolute atomic E-state index is 0.0209. The van der Waals surface area contributed by atoms with Gasteiger partial charge in [0.05, 0.1) is 6.04 Å². The average molecular weight is 502 g/mol. The molecular formula is C24H32BrN5O2. The van der Waals surface area contributed by atoms with Gasteiger partial charge in [0.2, 0.25) is 5.91 Å². The number of hydrogen-bond donors (Lipinski definition) is 4. The number of pyridine rings is 1. The zero-order valence-electron chi connectivity index (χ0n) is 18.4. The SMILES string of the molecule is Cc1nc(N)ccc1CNC(=O)[C@@H]1CCCN1C(O)[C@H]1C[C@H](Cc2ccc(Br)cc2)CN1. The standard InChI is InChI=1S/C24H32BrN5O2/c1-15-18(6-9-22(26)29-15)14-28-23(31)21-3-2-10-30(21)24(32)20-12-17(13-27-20)11-16-4-7-19(25)8-5-16/h4-9,17,20-21,24,27,32H,2-3,10-14H2,1H3,(H2,26,29)(H,28,31)/t17-,20+,21-,24?/m0/s1. The number of benzene rings is 1. The summed E-state index contributed by atoms with van der Waals surface area (Å²) in [6, 6.07) is 11.7. The van der Waals surface area contributed by atoms with Gasteiger partial charge in [0.15, 0.2) is 0 Å². The number of carbonyl (C=O) groups is 1. The van der Waals surface area contributed by atoms with E-state index in [0.29, 0.717) is 18.3 Å². The van der Waals surface area contributed by atoms with Crippen molar-refractivity contribution in [3.63, 3.8) is 0 Å². The first-order valence-electron chi connectivity index (χ1n) is 11.3. The van der Waals surface area contributed by atoms with Crippen molar-refractivity contribution in [2.75, 3.05) is 18.8 Å². The van der Waals surface area contributed by atoms with Gasteiger partial charge in [0.1, 0.15) is 12.0 Å². The number of amides is 1. The Morgan fingerprint density at radius 3 is 2.88 bits per heavy atom. The van der Waals surface area contributed by atoms with Crippen molar-refractivity contribution in [2.24, 2.45) is 5.92 Å². The van der Waals surface area contributed by atoms with Crippen LogP contribution in [0.3, 0.4) is 0 Å². The highest BCUT2D eigenvalue weighted by Gasteiger charge is 2.40. The molecule has 4 atom stereocenters. The van der Waals surface area contributed by atoms with Crippen LogP contribution in [0.1, 0.15) is 36.1 Å². The first-order valence-corrected chi connectivity index (χ1v) is 12.1. The molecule has 2 aliphatic rings. The smallest absolute Gasteiger partial charge is 0.237 e. The van der Waals surface area contributed by atoms with Gasteiger partial charge in [-0.1, -0.05) is 34.1 Å². The summed E-state index contributed by atoms with van der Waals surface area (Å²) in [5.41, 5.74) is 8.79. The number of aromatic nitrogens is 1. The van der Waals surface area contributed by atoms with Crippen molar-refractivity contribution in [3.05, 3.63) is 57.7 Å². The van der Waals surface area contributed by atoms with Gasteiger partial charge in [0.25, 0.3) is 0 Å². The lowest BCUT2D eigenvalue weighted by Gasteiger charge is -2.32. The van der Waals surface area contributed by atoms with E-state index in [9.17, 15) is 9.90 Å². The van der Waals surface area contributed by atoms with Crippen LogP contribution in [0.2, 0.25) is 0 Å². The molecule has 172 valence electrons. The lowest BCUT2D eigenvalue weighted by molar-refractivity contribution is -0.130. The fourth-order valence-electron chi connectivity index (χ4n) is 4.89. The molecule has 1 aromatic carbocycles. The second kappa shape index (κ2) is 10.3. The molecular weight excluding hydrogens is 470 g/mol. The van der Waals surface area contributed by atoms with Gasteiger partial charge in [-0.2, -0.15) is 0 Å². The molecule has 7 nitrogen and oxygen atoms in total. The van der Waals surface area contributed by atoms with Gasteiger partial charge < -0.3 is 21.5 Å². The summed E-state index contributed by atoms with van der Waals surface area (Å²) in [5.74, 6) is 0.916. The minimum Gasteiger partial charge on any atom is -0.384 e. The molecule has 0 radical (unpaired) electrons. The number of rotatable bonds is 7. The predicted octanol–water partition coefficient (Wildman–Crippen LogP) is 2.35. The number of aliphatic hydroxyl groups is 1. The molecule has 1 unspecified atom stereocenters. The Kier molecular flexibility index (Phi) is 7.45. The molecule has 2 saturated heterocycles. The molecule has 4 rings (SSSR count). The summed E-state index contributed by atoms with van der Waals surface area (Å²) >= 11 is 3.48. The third-order valence-corrected chi connectivity index (χ3v) is 7.19. The number of likely N-dealkylation sites (tertiary alicyclic amines) is 1. The Balaban J connectivity index is 1.31. The summed E-state index contributed by atoms with van der Waals surface area (Å²) < 4.78 is 1.08. The second-order valence-electron chi connectivity index (χ2n) is 8.95. The normalized spacial score (nSPS) is 24.5. The molecule has 0 saturated carbocycles. The largest absolute Gasteiger partial charge is 0.384 e. The predicted molar refractivity (Wildman–Crippen MR) is 129 cm³/mol. The van der Waals surface area contributed by atoms with Crippen LogP contribution in [-0.4, -0.2) is 52.3 Å². The molecule has 1 aromatic heterocycles. The van der Waals surface area contributed by atoms with Crippen LogP contribution >= 0.6 is 15.9 Å². The summed E-state index contributed by atoms with van der Waals surface area (Å²) in [4.78, 5) is 19.1. The van der Waals surface area contributed by atoms with Gasteiger partial charge in [-0.15, -0.1) is 0 Å². The van der Waals surface area contributed by atoms with Crippen LogP contribution in [0, 0.1) is 12.8 Å². The Hall–Kier alpha value is -2.00. The molecule has 0 aliphatic carbocycles. The number of aliphatic hydroxyl groups excluding tert-OH is 1. The molecule has 2 aromatic rings. The monoisotopic (exact) mass is 501 g/mol. The molecule has 3 heterocycles. The third kappa shape index (κ3) is 5.49. The highest BCUT2D eigenvalue weighted by Crippen LogP contribution is 2.27. The topological polar surface area (TPSA) is 104 Å². The van der Waals surface area contributed by atoms with E-state index in [0.717, 1.165) is 54.5 Å². The minimum atomic E-state index is -0.664. The van der Waals surface area contributed by atoms with Gasteiger partial charge in [-0.25, -0.2) is 4.98 Å². The van der Waals surface area contributed by atoms with Crippen molar-refractivity contribution >= 4 is 27.7 Å².